The summed E-state index contributed by atoms with van der Waals surface area (Å²) in [5.41, 5.74) is 2.26. The Balaban J connectivity index is 4.02. The van der Waals surface area contributed by atoms with E-state index in [1.54, 1.807) is 0 Å². The third-order valence-electron chi connectivity index (χ3n) is 1.78. The van der Waals surface area contributed by atoms with Gasteiger partial charge in [0, 0.05) is 13.1 Å². The second-order valence-electron chi connectivity index (χ2n) is 3.67. The van der Waals surface area contributed by atoms with E-state index in [0.717, 1.165) is 18.4 Å². The molecule has 0 aromatic rings. The SMILES string of the molecule is CC(C)=CCCC(C)=CC(=O)N(C)O. The molecule has 0 spiro atoms. The molecule has 14 heavy (non-hydrogen) atoms. The van der Waals surface area contributed by atoms with Gasteiger partial charge in [0.1, 0.15) is 0 Å². The lowest BCUT2D eigenvalue weighted by atomic mass is 10.1. The largest absolute Gasteiger partial charge is 0.286 e. The van der Waals surface area contributed by atoms with Gasteiger partial charge in [-0.3, -0.25) is 10.0 Å². The second kappa shape index (κ2) is 6.38. The van der Waals surface area contributed by atoms with E-state index in [9.17, 15) is 4.79 Å². The second-order valence-corrected chi connectivity index (χ2v) is 3.67. The summed E-state index contributed by atoms with van der Waals surface area (Å²) in [6.07, 6.45) is 5.38. The molecule has 0 aliphatic carbocycles. The van der Waals surface area contributed by atoms with Crippen molar-refractivity contribution in [2.45, 2.75) is 33.6 Å². The molecule has 0 saturated heterocycles. The Morgan fingerprint density at radius 1 is 1.36 bits per heavy atom. The molecule has 0 atom stereocenters. The van der Waals surface area contributed by atoms with E-state index in [4.69, 9.17) is 5.21 Å². The summed E-state index contributed by atoms with van der Waals surface area (Å²) >= 11 is 0. The standard InChI is InChI=1S/C11H19NO2/c1-9(2)6-5-7-10(3)8-11(13)12(4)14/h6,8,14H,5,7H2,1-4H3. The highest BCUT2D eigenvalue weighted by Crippen LogP contribution is 2.06. The molecule has 1 N–H and O–H groups in total. The first-order chi connectivity index (χ1) is 6.43. The first kappa shape index (κ1) is 12.9. The zero-order chi connectivity index (χ0) is 11.1. The van der Waals surface area contributed by atoms with Gasteiger partial charge in [0.15, 0.2) is 0 Å². The van der Waals surface area contributed by atoms with Gasteiger partial charge in [0.05, 0.1) is 0 Å². The van der Waals surface area contributed by atoms with Gasteiger partial charge >= 0.3 is 0 Å². The number of amides is 1. The van der Waals surface area contributed by atoms with Crippen LogP contribution in [0.4, 0.5) is 0 Å². The minimum atomic E-state index is -0.375. The number of nitrogens with zero attached hydrogens (tertiary/aromatic N) is 1. The number of allylic oxidation sites excluding steroid dienone is 3. The molecule has 0 aliphatic rings. The Bertz CT molecular complexity index is 248. The Morgan fingerprint density at radius 3 is 2.36 bits per heavy atom. The molecule has 0 aromatic heterocycles. The van der Waals surface area contributed by atoms with Crippen LogP contribution in [0.3, 0.4) is 0 Å². The van der Waals surface area contributed by atoms with Crippen LogP contribution in [0.15, 0.2) is 23.3 Å². The van der Waals surface area contributed by atoms with E-state index in [1.807, 2.05) is 20.8 Å². The Hall–Kier alpha value is -1.09. The summed E-state index contributed by atoms with van der Waals surface area (Å²) in [4.78, 5) is 11.0. The third-order valence-corrected chi connectivity index (χ3v) is 1.78. The van der Waals surface area contributed by atoms with E-state index >= 15 is 0 Å². The topological polar surface area (TPSA) is 40.5 Å². The van der Waals surface area contributed by atoms with Crippen molar-refractivity contribution in [3.8, 4) is 0 Å². The van der Waals surface area contributed by atoms with Gasteiger partial charge in [-0.05, 0) is 33.6 Å². The summed E-state index contributed by atoms with van der Waals surface area (Å²) in [6, 6.07) is 0. The Labute approximate surface area is 85.7 Å². The van der Waals surface area contributed by atoms with Crippen LogP contribution in [0.5, 0.6) is 0 Å². The lowest BCUT2D eigenvalue weighted by Crippen LogP contribution is -2.20. The maximum absolute atomic E-state index is 11.0. The minimum absolute atomic E-state index is 0.375. The van der Waals surface area contributed by atoms with Crippen LogP contribution in [0.25, 0.3) is 0 Å². The summed E-state index contributed by atoms with van der Waals surface area (Å²) < 4.78 is 0. The molecule has 0 radical (unpaired) electrons. The zero-order valence-corrected chi connectivity index (χ0v) is 9.37. The number of likely N-dealkylation sites (N-methyl/N-ethyl adjacent to an activating group) is 1. The quantitative estimate of drug-likeness (QED) is 0.325. The molecule has 1 amide bonds. The van der Waals surface area contributed by atoms with Crippen molar-refractivity contribution < 1.29 is 10.0 Å². The maximum atomic E-state index is 11.0. The molecule has 80 valence electrons. The summed E-state index contributed by atoms with van der Waals surface area (Å²) in [7, 11) is 1.32. The molecule has 0 aliphatic heterocycles. The molecule has 0 bridgehead atoms. The summed E-state index contributed by atoms with van der Waals surface area (Å²) in [5.74, 6) is -0.375. The van der Waals surface area contributed by atoms with E-state index in [0.29, 0.717) is 5.06 Å². The average molecular weight is 197 g/mol. The predicted molar refractivity (Wildman–Crippen MR) is 57.0 cm³/mol. The normalized spacial score (nSPS) is 11.1. The van der Waals surface area contributed by atoms with Gasteiger partial charge in [0.25, 0.3) is 5.91 Å². The number of carbonyl (C=O) groups excluding carboxylic acids is 1. The number of hydroxylamine groups is 2. The molecule has 0 rings (SSSR count). The maximum Gasteiger partial charge on any atom is 0.269 e. The van der Waals surface area contributed by atoms with E-state index in [2.05, 4.69) is 6.08 Å². The summed E-state index contributed by atoms with van der Waals surface area (Å²) in [5, 5.41) is 9.40. The molecule has 0 aromatic carbocycles. The lowest BCUT2D eigenvalue weighted by Gasteiger charge is -2.05. The van der Waals surface area contributed by atoms with Gasteiger partial charge in [0.2, 0.25) is 0 Å². The van der Waals surface area contributed by atoms with Crippen molar-refractivity contribution in [3.63, 3.8) is 0 Å². The van der Waals surface area contributed by atoms with E-state index < -0.39 is 0 Å². The van der Waals surface area contributed by atoms with Crippen LogP contribution in [-0.4, -0.2) is 23.2 Å². The van der Waals surface area contributed by atoms with E-state index in [1.165, 1.54) is 18.7 Å². The van der Waals surface area contributed by atoms with Crippen molar-refractivity contribution in [1.82, 2.24) is 5.06 Å². The van der Waals surface area contributed by atoms with E-state index in [-0.39, 0.29) is 5.91 Å². The van der Waals surface area contributed by atoms with Crippen LogP contribution < -0.4 is 0 Å². The third kappa shape index (κ3) is 6.43. The number of hydrogen-bond donors (Lipinski definition) is 1. The molecule has 0 heterocycles. The lowest BCUT2D eigenvalue weighted by molar-refractivity contribution is -0.153. The van der Waals surface area contributed by atoms with Gasteiger partial charge < -0.3 is 0 Å². The molecule has 0 fully saturated rings. The highest BCUT2D eigenvalue weighted by Gasteiger charge is 2.00. The van der Waals surface area contributed by atoms with Gasteiger partial charge in [-0.15, -0.1) is 0 Å². The fourth-order valence-corrected chi connectivity index (χ4v) is 0.965. The van der Waals surface area contributed by atoms with Gasteiger partial charge in [-0.25, -0.2) is 5.06 Å². The van der Waals surface area contributed by atoms with Crippen LogP contribution in [0.1, 0.15) is 33.6 Å². The molecular formula is C11H19NO2. The van der Waals surface area contributed by atoms with Crippen LogP contribution in [0.2, 0.25) is 0 Å². The van der Waals surface area contributed by atoms with Crippen LogP contribution >= 0.6 is 0 Å². The highest BCUT2D eigenvalue weighted by molar-refractivity contribution is 5.86. The minimum Gasteiger partial charge on any atom is -0.286 e. The van der Waals surface area contributed by atoms with Crippen molar-refractivity contribution >= 4 is 5.91 Å². The smallest absolute Gasteiger partial charge is 0.269 e. The van der Waals surface area contributed by atoms with Gasteiger partial charge in [-0.1, -0.05) is 17.2 Å². The van der Waals surface area contributed by atoms with Crippen LogP contribution in [-0.2, 0) is 4.79 Å². The van der Waals surface area contributed by atoms with Crippen molar-refractivity contribution in [2.75, 3.05) is 7.05 Å². The predicted octanol–water partition coefficient (Wildman–Crippen LogP) is 2.53. The summed E-state index contributed by atoms with van der Waals surface area (Å²) in [6.45, 7) is 5.98. The molecule has 3 heteroatoms. The number of rotatable bonds is 4. The van der Waals surface area contributed by atoms with Crippen LogP contribution in [0, 0.1) is 0 Å². The molecule has 0 unspecified atom stereocenters. The fourth-order valence-electron chi connectivity index (χ4n) is 0.965. The number of hydrogen-bond acceptors (Lipinski definition) is 2. The van der Waals surface area contributed by atoms with Crippen molar-refractivity contribution in [3.05, 3.63) is 23.3 Å². The Kier molecular flexibility index (Phi) is 5.88. The highest BCUT2D eigenvalue weighted by atomic mass is 16.5. The van der Waals surface area contributed by atoms with Gasteiger partial charge in [-0.2, -0.15) is 0 Å². The molecule has 0 saturated carbocycles. The fraction of sp³-hybridized carbons (Fsp3) is 0.545. The van der Waals surface area contributed by atoms with Crippen molar-refractivity contribution in [1.29, 1.82) is 0 Å². The number of carbonyl (C=O) groups is 1. The molecule has 3 nitrogen and oxygen atoms in total. The first-order valence-electron chi connectivity index (χ1n) is 4.70. The zero-order valence-electron chi connectivity index (χ0n) is 9.37. The Morgan fingerprint density at radius 2 is 1.93 bits per heavy atom. The monoisotopic (exact) mass is 197 g/mol. The first-order valence-corrected chi connectivity index (χ1v) is 4.70. The average Bonchev–Trinajstić information content (AvgIpc) is 2.02. The molecular weight excluding hydrogens is 178 g/mol. The van der Waals surface area contributed by atoms with Crippen molar-refractivity contribution in [2.24, 2.45) is 0 Å².